The topological polar surface area (TPSA) is 91.0 Å². The molecule has 0 amide bonds. The maximum atomic E-state index is 13.7. The molecule has 2 heterocycles. The van der Waals surface area contributed by atoms with Gasteiger partial charge in [0.1, 0.15) is 5.69 Å². The Hall–Kier alpha value is -4.13. The zero-order valence-electron chi connectivity index (χ0n) is 20.2. The lowest BCUT2D eigenvalue weighted by Gasteiger charge is -2.26. The Kier molecular flexibility index (Phi) is 6.46. The molecule has 0 aromatic heterocycles. The number of para-hydroxylation sites is 1. The van der Waals surface area contributed by atoms with E-state index < -0.39 is 22.8 Å². The molecule has 5 rings (SSSR count). The predicted molar refractivity (Wildman–Crippen MR) is 138 cm³/mol. The molecule has 36 heavy (non-hydrogen) atoms. The van der Waals surface area contributed by atoms with Gasteiger partial charge < -0.3 is 4.57 Å². The molecule has 0 unspecified atom stereocenters. The van der Waals surface area contributed by atoms with Crippen molar-refractivity contribution in [2.45, 2.75) is 52.0 Å². The normalized spacial score (nSPS) is 12.6. The number of pyridine rings is 1. The van der Waals surface area contributed by atoms with Gasteiger partial charge in [-0.25, -0.2) is 9.36 Å². The lowest BCUT2D eigenvalue weighted by molar-refractivity contribution is 0.0809. The second kappa shape index (κ2) is 9.85. The molecule has 0 spiro atoms. The molecular weight excluding hydrogens is 454 g/mol. The molecule has 0 bridgehead atoms. The first kappa shape index (κ1) is 23.6. The van der Waals surface area contributed by atoms with Gasteiger partial charge in [-0.3, -0.25) is 14.4 Å². The number of carbonyl (C=O) groups is 2. The number of rotatable bonds is 8. The summed E-state index contributed by atoms with van der Waals surface area (Å²) in [7, 11) is 0. The van der Waals surface area contributed by atoms with Crippen molar-refractivity contribution in [1.29, 1.82) is 0 Å². The Morgan fingerprint density at radius 1 is 0.694 bits per heavy atom. The SMILES string of the molecule is CCCCCCCCn1c2nc(=O)n(-c3ccccc3)c(=O)c-2cc2c1C(=O)C(=O)c1ccccc1-2. The fourth-order valence-corrected chi connectivity index (χ4v) is 4.97. The van der Waals surface area contributed by atoms with Gasteiger partial charge in [-0.05, 0) is 30.2 Å². The van der Waals surface area contributed by atoms with E-state index in [1.807, 2.05) is 0 Å². The fourth-order valence-electron chi connectivity index (χ4n) is 4.97. The minimum atomic E-state index is -0.717. The van der Waals surface area contributed by atoms with E-state index >= 15 is 0 Å². The van der Waals surface area contributed by atoms with Gasteiger partial charge in [0.25, 0.3) is 11.3 Å². The van der Waals surface area contributed by atoms with Gasteiger partial charge >= 0.3 is 5.69 Å². The van der Waals surface area contributed by atoms with Crippen molar-refractivity contribution in [3.8, 4) is 28.2 Å². The van der Waals surface area contributed by atoms with Crippen LogP contribution >= 0.6 is 0 Å². The molecule has 2 aromatic carbocycles. The van der Waals surface area contributed by atoms with Crippen LogP contribution < -0.4 is 11.2 Å². The van der Waals surface area contributed by atoms with Crippen LogP contribution in [0.3, 0.4) is 0 Å². The van der Waals surface area contributed by atoms with Crippen molar-refractivity contribution in [2.24, 2.45) is 0 Å². The predicted octanol–water partition coefficient (Wildman–Crippen LogP) is 4.91. The molecule has 2 aliphatic heterocycles. The van der Waals surface area contributed by atoms with E-state index in [2.05, 4.69) is 11.9 Å². The van der Waals surface area contributed by atoms with Crippen LogP contribution in [0.4, 0.5) is 0 Å². The second-order valence-electron chi connectivity index (χ2n) is 9.14. The highest BCUT2D eigenvalue weighted by molar-refractivity contribution is 6.52. The second-order valence-corrected chi connectivity index (χ2v) is 9.14. The van der Waals surface area contributed by atoms with E-state index in [4.69, 9.17) is 0 Å². The summed E-state index contributed by atoms with van der Waals surface area (Å²) in [4.78, 5) is 57.3. The highest BCUT2D eigenvalue weighted by atomic mass is 16.2. The first-order chi connectivity index (χ1) is 17.5. The van der Waals surface area contributed by atoms with E-state index in [1.54, 1.807) is 65.2 Å². The van der Waals surface area contributed by atoms with Crippen molar-refractivity contribution < 1.29 is 9.59 Å². The minimum Gasteiger partial charge on any atom is -0.322 e. The molecule has 0 N–H and O–H groups in total. The molecule has 7 heteroatoms. The molecule has 3 aliphatic rings. The van der Waals surface area contributed by atoms with Gasteiger partial charge in [0.2, 0.25) is 5.78 Å². The average Bonchev–Trinajstić information content (AvgIpc) is 2.90. The third-order valence-electron chi connectivity index (χ3n) is 6.77. The third-order valence-corrected chi connectivity index (χ3v) is 6.77. The van der Waals surface area contributed by atoms with Crippen LogP contribution in [0.2, 0.25) is 0 Å². The van der Waals surface area contributed by atoms with Crippen LogP contribution in [0.1, 0.15) is 66.3 Å². The molecule has 0 saturated carbocycles. The van der Waals surface area contributed by atoms with Gasteiger partial charge in [0.05, 0.1) is 11.3 Å². The van der Waals surface area contributed by atoms with Crippen LogP contribution in [-0.4, -0.2) is 25.7 Å². The van der Waals surface area contributed by atoms with Crippen molar-refractivity contribution in [2.75, 3.05) is 0 Å². The van der Waals surface area contributed by atoms with E-state index in [0.29, 0.717) is 28.9 Å². The third kappa shape index (κ3) is 4.00. The number of benzene rings is 2. The molecule has 0 saturated heterocycles. The van der Waals surface area contributed by atoms with Gasteiger partial charge in [0.15, 0.2) is 5.82 Å². The Bertz CT molecular complexity index is 1550. The molecule has 7 nitrogen and oxygen atoms in total. The summed E-state index contributed by atoms with van der Waals surface area (Å²) in [5.74, 6) is -1.09. The summed E-state index contributed by atoms with van der Waals surface area (Å²) in [5, 5.41) is 0. The molecule has 2 aromatic rings. The summed E-state index contributed by atoms with van der Waals surface area (Å²) < 4.78 is 2.67. The number of fused-ring (bicyclic) bond motifs is 4. The quantitative estimate of drug-likeness (QED) is 0.264. The van der Waals surface area contributed by atoms with E-state index in [0.717, 1.165) is 36.7 Å². The van der Waals surface area contributed by atoms with E-state index in [9.17, 15) is 19.2 Å². The zero-order valence-corrected chi connectivity index (χ0v) is 20.2. The molecular formula is C29H27N3O4. The van der Waals surface area contributed by atoms with Crippen molar-refractivity contribution in [1.82, 2.24) is 14.1 Å². The number of Topliss-reactive ketones (excluding diaryl/α,β-unsaturated/α-hetero) is 2. The van der Waals surface area contributed by atoms with Gasteiger partial charge in [0, 0.05) is 17.7 Å². The lowest BCUT2D eigenvalue weighted by atomic mass is 9.85. The summed E-state index contributed by atoms with van der Waals surface area (Å²) in [6.07, 6.45) is 6.16. The number of hydrogen-bond acceptors (Lipinski definition) is 5. The largest absolute Gasteiger partial charge is 0.357 e. The standard InChI is InChI=1S/C29H27N3O4/c1-2-3-4-5-6-12-17-31-24-22(20-15-10-11-16-21(20)25(33)26(24)34)18-23-27(31)30-29(36)32(28(23)35)19-13-8-7-9-14-19/h7-11,13-16,18H,2-6,12,17H2,1H3. The first-order valence-electron chi connectivity index (χ1n) is 12.5. The molecule has 0 radical (unpaired) electrons. The fraction of sp³-hybridized carbons (Fsp3) is 0.276. The summed E-state index contributed by atoms with van der Waals surface area (Å²) in [6, 6.07) is 17.2. The highest BCUT2D eigenvalue weighted by Crippen LogP contribution is 2.37. The van der Waals surface area contributed by atoms with Gasteiger partial charge in [-0.1, -0.05) is 81.5 Å². The number of unbranched alkanes of at least 4 members (excludes halogenated alkanes) is 5. The van der Waals surface area contributed by atoms with Crippen molar-refractivity contribution in [3.63, 3.8) is 0 Å². The Morgan fingerprint density at radius 3 is 2.11 bits per heavy atom. The Labute approximate surface area is 208 Å². The molecule has 0 atom stereocenters. The highest BCUT2D eigenvalue weighted by Gasteiger charge is 2.35. The first-order valence-corrected chi connectivity index (χ1v) is 12.5. The van der Waals surface area contributed by atoms with Crippen LogP contribution in [0.25, 0.3) is 28.2 Å². The molecule has 182 valence electrons. The van der Waals surface area contributed by atoms with Crippen LogP contribution in [-0.2, 0) is 6.54 Å². The lowest BCUT2D eigenvalue weighted by Crippen LogP contribution is -2.38. The average molecular weight is 482 g/mol. The van der Waals surface area contributed by atoms with Crippen LogP contribution in [0.5, 0.6) is 0 Å². The number of hydrogen-bond donors (Lipinski definition) is 0. The van der Waals surface area contributed by atoms with Crippen molar-refractivity contribution >= 4 is 11.6 Å². The molecule has 0 fully saturated rings. The summed E-state index contributed by atoms with van der Waals surface area (Å²) in [6.45, 7) is 2.54. The van der Waals surface area contributed by atoms with Crippen molar-refractivity contribution in [3.05, 3.63) is 92.8 Å². The number of nitrogens with zero attached hydrogens (tertiary/aromatic N) is 3. The van der Waals surface area contributed by atoms with Gasteiger partial charge in [-0.15, -0.1) is 0 Å². The smallest absolute Gasteiger partial charge is 0.322 e. The zero-order chi connectivity index (χ0) is 25.2. The monoisotopic (exact) mass is 481 g/mol. The maximum absolute atomic E-state index is 13.7. The number of carbonyl (C=O) groups excluding carboxylic acids is 2. The van der Waals surface area contributed by atoms with Crippen LogP contribution in [0.15, 0.2) is 70.3 Å². The minimum absolute atomic E-state index is 0.144. The van der Waals surface area contributed by atoms with Crippen LogP contribution in [0, 0.1) is 0 Å². The maximum Gasteiger partial charge on any atom is 0.357 e. The molecule has 1 aliphatic carbocycles. The number of aromatic nitrogens is 3. The summed E-state index contributed by atoms with van der Waals surface area (Å²) in [5.41, 5.74) is 1.08. The van der Waals surface area contributed by atoms with E-state index in [-0.39, 0.29) is 17.1 Å². The van der Waals surface area contributed by atoms with E-state index in [1.165, 1.54) is 6.42 Å². The Balaban J connectivity index is 1.74. The summed E-state index contributed by atoms with van der Waals surface area (Å²) >= 11 is 0. The number of ketones is 2. The van der Waals surface area contributed by atoms with Gasteiger partial charge in [-0.2, -0.15) is 4.98 Å². The Morgan fingerprint density at radius 2 is 1.36 bits per heavy atom.